The Hall–Kier alpha value is -2.81. The molecule has 4 rings (SSSR count). The third kappa shape index (κ3) is 3.49. The third-order valence-corrected chi connectivity index (χ3v) is 6.16. The highest BCUT2D eigenvalue weighted by Gasteiger charge is 2.35. The summed E-state index contributed by atoms with van der Waals surface area (Å²) < 4.78 is 55.1. The van der Waals surface area contributed by atoms with Crippen molar-refractivity contribution in [1.29, 1.82) is 0 Å². The number of likely N-dealkylation sites (tertiary alicyclic amines) is 1. The summed E-state index contributed by atoms with van der Waals surface area (Å²) in [6, 6.07) is 9.40. The Morgan fingerprint density at radius 1 is 1.14 bits per heavy atom. The molecule has 1 saturated heterocycles. The van der Waals surface area contributed by atoms with Crippen molar-refractivity contribution in [3.8, 4) is 0 Å². The molecular formula is C19H17F2N3O3S. The molecule has 0 aliphatic carbocycles. The number of amidine groups is 1. The molecule has 0 saturated carbocycles. The monoisotopic (exact) mass is 405 g/mol. The first kappa shape index (κ1) is 18.5. The Balaban J connectivity index is 1.53. The second kappa shape index (κ2) is 6.97. The van der Waals surface area contributed by atoms with Gasteiger partial charge in [-0.2, -0.15) is 8.42 Å². The van der Waals surface area contributed by atoms with Crippen LogP contribution in [0, 0.1) is 17.6 Å². The van der Waals surface area contributed by atoms with Gasteiger partial charge in [0.2, 0.25) is 5.91 Å². The largest absolute Gasteiger partial charge is 0.355 e. The van der Waals surface area contributed by atoms with E-state index in [0.717, 1.165) is 18.2 Å². The van der Waals surface area contributed by atoms with Crippen LogP contribution in [0.25, 0.3) is 0 Å². The highest BCUT2D eigenvalue weighted by atomic mass is 32.2. The summed E-state index contributed by atoms with van der Waals surface area (Å²) in [5.41, 5.74) is 0.571. The number of piperidine rings is 1. The predicted molar refractivity (Wildman–Crippen MR) is 99.4 cm³/mol. The van der Waals surface area contributed by atoms with E-state index in [1.54, 1.807) is 23.1 Å². The van der Waals surface area contributed by atoms with E-state index in [2.05, 4.69) is 9.71 Å². The van der Waals surface area contributed by atoms with Gasteiger partial charge in [-0.05, 0) is 37.1 Å². The molecule has 0 spiro atoms. The topological polar surface area (TPSA) is 78.8 Å². The van der Waals surface area contributed by atoms with Gasteiger partial charge in [-0.15, -0.1) is 4.40 Å². The fourth-order valence-electron chi connectivity index (χ4n) is 3.57. The van der Waals surface area contributed by atoms with Gasteiger partial charge in [0.1, 0.15) is 16.5 Å². The molecule has 2 aromatic carbocycles. The van der Waals surface area contributed by atoms with Gasteiger partial charge in [0.15, 0.2) is 5.84 Å². The van der Waals surface area contributed by atoms with E-state index in [9.17, 15) is 22.0 Å². The van der Waals surface area contributed by atoms with Gasteiger partial charge in [-0.1, -0.05) is 12.1 Å². The fourth-order valence-corrected chi connectivity index (χ4v) is 4.80. The van der Waals surface area contributed by atoms with Crippen molar-refractivity contribution < 1.29 is 22.0 Å². The molecule has 9 heteroatoms. The lowest BCUT2D eigenvalue weighted by atomic mass is 9.96. The van der Waals surface area contributed by atoms with E-state index in [0.29, 0.717) is 30.8 Å². The zero-order valence-electron chi connectivity index (χ0n) is 14.7. The second-order valence-electron chi connectivity index (χ2n) is 6.82. The molecule has 1 atom stereocenters. The summed E-state index contributed by atoms with van der Waals surface area (Å²) in [5.74, 6) is -2.04. The molecule has 0 aromatic heterocycles. The number of hydrogen-bond donors (Lipinski definition) is 1. The number of rotatable bonds is 2. The molecule has 28 heavy (non-hydrogen) atoms. The summed E-state index contributed by atoms with van der Waals surface area (Å²) in [6.45, 7) is 0.841. The summed E-state index contributed by atoms with van der Waals surface area (Å²) in [7, 11) is -3.74. The average molecular weight is 405 g/mol. The number of benzene rings is 2. The van der Waals surface area contributed by atoms with E-state index in [4.69, 9.17) is 0 Å². The van der Waals surface area contributed by atoms with Crippen LogP contribution in [0.1, 0.15) is 18.4 Å². The minimum atomic E-state index is -3.74. The van der Waals surface area contributed by atoms with Gasteiger partial charge in [-0.25, -0.2) is 8.78 Å². The number of nitrogens with zero attached hydrogens (tertiary/aromatic N) is 2. The Labute approximate surface area is 160 Å². The van der Waals surface area contributed by atoms with Crippen molar-refractivity contribution in [3.05, 3.63) is 59.7 Å². The van der Waals surface area contributed by atoms with Gasteiger partial charge >= 0.3 is 0 Å². The standard InChI is InChI=1S/C19H17F2N3O3S/c20-13-8-14(21)10-15(9-13)22-19(25)12-4-3-7-24(11-12)18-16-5-1-2-6-17(16)28(26,27)23-18/h1-2,5-6,8-10,12H,3-4,7,11H2,(H,22,25)/t12-/m1/s1. The lowest BCUT2D eigenvalue weighted by Crippen LogP contribution is -2.43. The Kier molecular flexibility index (Phi) is 4.62. The summed E-state index contributed by atoms with van der Waals surface area (Å²) in [6.07, 6.45) is 1.25. The highest BCUT2D eigenvalue weighted by Crippen LogP contribution is 2.30. The quantitative estimate of drug-likeness (QED) is 0.833. The molecule has 2 aliphatic heterocycles. The summed E-state index contributed by atoms with van der Waals surface area (Å²) >= 11 is 0. The summed E-state index contributed by atoms with van der Waals surface area (Å²) in [5, 5.41) is 2.54. The van der Waals surface area contributed by atoms with Crippen LogP contribution < -0.4 is 5.32 Å². The molecule has 0 unspecified atom stereocenters. The molecule has 6 nitrogen and oxygen atoms in total. The first-order chi connectivity index (χ1) is 13.3. The average Bonchev–Trinajstić information content (AvgIpc) is 2.93. The molecule has 1 fully saturated rings. The fraction of sp³-hybridized carbons (Fsp3) is 0.263. The number of nitrogens with one attached hydrogen (secondary N) is 1. The zero-order valence-corrected chi connectivity index (χ0v) is 15.5. The molecule has 0 radical (unpaired) electrons. The predicted octanol–water partition coefficient (Wildman–Crippen LogP) is 2.76. The molecule has 1 N–H and O–H groups in total. The van der Waals surface area contributed by atoms with Gasteiger partial charge in [0.05, 0.1) is 5.92 Å². The van der Waals surface area contributed by atoms with Gasteiger partial charge in [0.25, 0.3) is 10.0 Å². The first-order valence-corrected chi connectivity index (χ1v) is 10.2. The Morgan fingerprint density at radius 2 is 1.86 bits per heavy atom. The molecule has 2 aliphatic rings. The van der Waals surface area contributed by atoms with E-state index < -0.39 is 27.6 Å². The molecule has 2 aromatic rings. The highest BCUT2D eigenvalue weighted by molar-refractivity contribution is 7.90. The normalized spacial score (nSPS) is 20.4. The Morgan fingerprint density at radius 3 is 2.61 bits per heavy atom. The Bertz CT molecular complexity index is 1070. The van der Waals surface area contributed by atoms with Crippen molar-refractivity contribution in [3.63, 3.8) is 0 Å². The van der Waals surface area contributed by atoms with E-state index in [-0.39, 0.29) is 23.0 Å². The number of carbonyl (C=O) groups is 1. The van der Waals surface area contributed by atoms with Crippen molar-refractivity contribution >= 4 is 27.5 Å². The lowest BCUT2D eigenvalue weighted by molar-refractivity contribution is -0.121. The van der Waals surface area contributed by atoms with Crippen LogP contribution in [-0.2, 0) is 14.8 Å². The van der Waals surface area contributed by atoms with Gasteiger partial charge < -0.3 is 10.2 Å². The minimum absolute atomic E-state index is 0.0470. The number of hydrogen-bond acceptors (Lipinski definition) is 4. The van der Waals surface area contributed by atoms with Crippen LogP contribution in [0.5, 0.6) is 0 Å². The van der Waals surface area contributed by atoms with Gasteiger partial charge in [0, 0.05) is 30.4 Å². The van der Waals surface area contributed by atoms with Crippen LogP contribution >= 0.6 is 0 Å². The SMILES string of the molecule is O=C(Nc1cc(F)cc(F)c1)[C@@H]1CCCN(C2=NS(=O)(=O)c3ccccc32)C1. The van der Waals surface area contributed by atoms with Crippen LogP contribution in [0.4, 0.5) is 14.5 Å². The second-order valence-corrected chi connectivity index (χ2v) is 8.39. The van der Waals surface area contributed by atoms with E-state index in [1.807, 2.05) is 0 Å². The molecule has 0 bridgehead atoms. The number of fused-ring (bicyclic) bond motifs is 1. The van der Waals surface area contributed by atoms with Crippen molar-refractivity contribution in [2.75, 3.05) is 18.4 Å². The van der Waals surface area contributed by atoms with Crippen LogP contribution in [-0.4, -0.2) is 38.2 Å². The first-order valence-electron chi connectivity index (χ1n) is 8.80. The molecule has 1 amide bonds. The van der Waals surface area contributed by atoms with E-state index in [1.165, 1.54) is 6.07 Å². The number of anilines is 1. The lowest BCUT2D eigenvalue weighted by Gasteiger charge is -2.33. The van der Waals surface area contributed by atoms with E-state index >= 15 is 0 Å². The minimum Gasteiger partial charge on any atom is -0.355 e. The van der Waals surface area contributed by atoms with Crippen molar-refractivity contribution in [1.82, 2.24) is 4.90 Å². The van der Waals surface area contributed by atoms with Crippen LogP contribution in [0.3, 0.4) is 0 Å². The number of amides is 1. The zero-order chi connectivity index (χ0) is 19.9. The summed E-state index contributed by atoms with van der Waals surface area (Å²) in [4.78, 5) is 14.5. The maximum atomic E-state index is 13.3. The van der Waals surface area contributed by atoms with Crippen molar-refractivity contribution in [2.45, 2.75) is 17.7 Å². The molecule has 146 valence electrons. The molecule has 2 heterocycles. The number of carbonyl (C=O) groups excluding carboxylic acids is 1. The third-order valence-electron chi connectivity index (χ3n) is 4.83. The van der Waals surface area contributed by atoms with Crippen molar-refractivity contribution in [2.24, 2.45) is 10.3 Å². The van der Waals surface area contributed by atoms with Crippen LogP contribution in [0.15, 0.2) is 51.8 Å². The van der Waals surface area contributed by atoms with Crippen LogP contribution in [0.2, 0.25) is 0 Å². The van der Waals surface area contributed by atoms with Gasteiger partial charge in [-0.3, -0.25) is 4.79 Å². The maximum Gasteiger partial charge on any atom is 0.285 e. The smallest absolute Gasteiger partial charge is 0.285 e. The number of halogens is 2. The molecular weight excluding hydrogens is 388 g/mol. The number of sulfonamides is 1. The maximum absolute atomic E-state index is 13.3.